The molecule has 114 valence electrons. The maximum absolute atomic E-state index is 6.07. The second-order valence-electron chi connectivity index (χ2n) is 5.63. The van der Waals surface area contributed by atoms with Crippen LogP contribution in [0.2, 0.25) is 4.34 Å². The summed E-state index contributed by atoms with van der Waals surface area (Å²) in [6, 6.07) is 15.4. The molecule has 1 heterocycles. The van der Waals surface area contributed by atoms with Gasteiger partial charge in [0.05, 0.1) is 4.34 Å². The first-order chi connectivity index (χ1) is 10.2. The second kappa shape index (κ2) is 7.98. The first-order valence-electron chi connectivity index (χ1n) is 7.62. The molecule has 3 atom stereocenters. The molecule has 0 aliphatic carbocycles. The number of hydrogen-bond donors (Lipinski definition) is 1. The van der Waals surface area contributed by atoms with E-state index in [0.717, 1.165) is 10.8 Å². The first kappa shape index (κ1) is 16.5. The van der Waals surface area contributed by atoms with Crippen molar-refractivity contribution in [3.05, 3.63) is 57.2 Å². The van der Waals surface area contributed by atoms with Gasteiger partial charge in [-0.25, -0.2) is 0 Å². The monoisotopic (exact) mass is 321 g/mol. The Bertz CT molecular complexity index is 537. The highest BCUT2D eigenvalue weighted by Crippen LogP contribution is 2.33. The van der Waals surface area contributed by atoms with Crippen molar-refractivity contribution < 1.29 is 0 Å². The zero-order chi connectivity index (χ0) is 15.2. The standard InChI is InChI=1S/C18H24ClNS/c1-4-13(2)18(14-8-6-5-7-9-14)16(20-3)12-15-10-11-17(19)21-15/h5-11,13,16,18,20H,4,12H2,1-3H3. The number of likely N-dealkylation sites (N-methyl/N-ethyl adjacent to an activating group) is 1. The van der Waals surface area contributed by atoms with Gasteiger partial charge in [0, 0.05) is 16.8 Å². The van der Waals surface area contributed by atoms with Gasteiger partial charge in [-0.2, -0.15) is 0 Å². The van der Waals surface area contributed by atoms with Crippen LogP contribution in [0.5, 0.6) is 0 Å². The Labute approximate surface area is 137 Å². The molecule has 0 saturated heterocycles. The average molecular weight is 322 g/mol. The average Bonchev–Trinajstić information content (AvgIpc) is 2.92. The van der Waals surface area contributed by atoms with Crippen molar-refractivity contribution in [2.75, 3.05) is 7.05 Å². The van der Waals surface area contributed by atoms with Crippen LogP contribution in [0.4, 0.5) is 0 Å². The summed E-state index contributed by atoms with van der Waals surface area (Å²) < 4.78 is 0.875. The molecule has 0 aliphatic rings. The highest BCUT2D eigenvalue weighted by molar-refractivity contribution is 7.16. The molecule has 2 rings (SSSR count). The lowest BCUT2D eigenvalue weighted by molar-refractivity contribution is 0.347. The molecule has 0 amide bonds. The molecule has 3 unspecified atom stereocenters. The summed E-state index contributed by atoms with van der Waals surface area (Å²) in [7, 11) is 2.07. The minimum Gasteiger partial charge on any atom is -0.316 e. The zero-order valence-electron chi connectivity index (χ0n) is 13.0. The maximum Gasteiger partial charge on any atom is 0.0931 e. The van der Waals surface area contributed by atoms with E-state index in [2.05, 4.69) is 62.6 Å². The minimum atomic E-state index is 0.428. The molecule has 1 aromatic heterocycles. The van der Waals surface area contributed by atoms with Crippen LogP contribution in [-0.2, 0) is 6.42 Å². The Morgan fingerprint density at radius 2 is 1.86 bits per heavy atom. The topological polar surface area (TPSA) is 12.0 Å². The number of nitrogens with one attached hydrogen (secondary N) is 1. The fourth-order valence-corrected chi connectivity index (χ4v) is 4.12. The van der Waals surface area contributed by atoms with Crippen LogP contribution in [-0.4, -0.2) is 13.1 Å². The number of benzene rings is 1. The van der Waals surface area contributed by atoms with Gasteiger partial charge in [0.1, 0.15) is 0 Å². The molecule has 1 nitrogen and oxygen atoms in total. The second-order valence-corrected chi connectivity index (χ2v) is 7.43. The van der Waals surface area contributed by atoms with Crippen molar-refractivity contribution in [3.8, 4) is 0 Å². The maximum atomic E-state index is 6.07. The van der Waals surface area contributed by atoms with Crippen molar-refractivity contribution in [2.24, 2.45) is 5.92 Å². The van der Waals surface area contributed by atoms with Crippen LogP contribution < -0.4 is 5.32 Å². The van der Waals surface area contributed by atoms with E-state index in [-0.39, 0.29) is 0 Å². The molecule has 0 radical (unpaired) electrons. The predicted molar refractivity (Wildman–Crippen MR) is 94.5 cm³/mol. The van der Waals surface area contributed by atoms with E-state index in [0.29, 0.717) is 17.9 Å². The summed E-state index contributed by atoms with van der Waals surface area (Å²) in [6.45, 7) is 4.62. The van der Waals surface area contributed by atoms with Crippen LogP contribution >= 0.6 is 22.9 Å². The Hall–Kier alpha value is -0.830. The Balaban J connectivity index is 2.24. The normalized spacial score (nSPS) is 15.6. The zero-order valence-corrected chi connectivity index (χ0v) is 14.5. The van der Waals surface area contributed by atoms with Gasteiger partial charge in [0.2, 0.25) is 0 Å². The molecular weight excluding hydrogens is 298 g/mol. The molecule has 0 aliphatic heterocycles. The lowest BCUT2D eigenvalue weighted by atomic mass is 9.79. The molecule has 0 spiro atoms. The van der Waals surface area contributed by atoms with E-state index in [1.54, 1.807) is 11.3 Å². The van der Waals surface area contributed by atoms with Crippen LogP contribution in [0, 0.1) is 5.92 Å². The highest BCUT2D eigenvalue weighted by Gasteiger charge is 2.27. The predicted octanol–water partition coefficient (Wildman–Crippen LogP) is 5.36. The largest absolute Gasteiger partial charge is 0.316 e. The first-order valence-corrected chi connectivity index (χ1v) is 8.81. The molecular formula is C18H24ClNS. The van der Waals surface area contributed by atoms with Crippen LogP contribution in [0.25, 0.3) is 0 Å². The van der Waals surface area contributed by atoms with Gasteiger partial charge in [0.15, 0.2) is 0 Å². The van der Waals surface area contributed by atoms with E-state index >= 15 is 0 Å². The summed E-state index contributed by atoms with van der Waals surface area (Å²) in [5.74, 6) is 1.15. The number of thiophene rings is 1. The SMILES string of the molecule is CCC(C)C(c1ccccc1)C(Cc1ccc(Cl)s1)NC. The fourth-order valence-electron chi connectivity index (χ4n) is 2.97. The third-order valence-corrected chi connectivity index (χ3v) is 5.55. The van der Waals surface area contributed by atoms with Crippen LogP contribution in [0.3, 0.4) is 0 Å². The van der Waals surface area contributed by atoms with Crippen molar-refractivity contribution in [2.45, 2.75) is 38.6 Å². The summed E-state index contributed by atoms with van der Waals surface area (Å²) in [5, 5.41) is 3.54. The smallest absolute Gasteiger partial charge is 0.0931 e. The fraction of sp³-hybridized carbons (Fsp3) is 0.444. The Kier molecular flexibility index (Phi) is 6.28. The van der Waals surface area contributed by atoms with Gasteiger partial charge in [-0.15, -0.1) is 11.3 Å². The highest BCUT2D eigenvalue weighted by atomic mass is 35.5. The Morgan fingerprint density at radius 1 is 1.14 bits per heavy atom. The van der Waals surface area contributed by atoms with E-state index < -0.39 is 0 Å². The van der Waals surface area contributed by atoms with Gasteiger partial charge in [0.25, 0.3) is 0 Å². The van der Waals surface area contributed by atoms with Gasteiger partial charge < -0.3 is 5.32 Å². The summed E-state index contributed by atoms with van der Waals surface area (Å²) in [6.07, 6.45) is 2.21. The number of halogens is 1. The summed E-state index contributed by atoms with van der Waals surface area (Å²) in [4.78, 5) is 1.35. The van der Waals surface area contributed by atoms with Gasteiger partial charge >= 0.3 is 0 Å². The summed E-state index contributed by atoms with van der Waals surface area (Å²) in [5.41, 5.74) is 1.42. The molecule has 0 saturated carbocycles. The quantitative estimate of drug-likeness (QED) is 0.723. The molecule has 1 aromatic carbocycles. The third kappa shape index (κ3) is 4.32. The molecule has 2 aromatic rings. The van der Waals surface area contributed by atoms with Gasteiger partial charge in [-0.3, -0.25) is 0 Å². The third-order valence-electron chi connectivity index (χ3n) is 4.30. The van der Waals surface area contributed by atoms with E-state index in [1.165, 1.54) is 16.9 Å². The van der Waals surface area contributed by atoms with Gasteiger partial charge in [-0.1, -0.05) is 62.2 Å². The number of rotatable bonds is 7. The molecule has 0 bridgehead atoms. The van der Waals surface area contributed by atoms with Gasteiger partial charge in [-0.05, 0) is 37.1 Å². The van der Waals surface area contributed by atoms with Crippen molar-refractivity contribution in [1.29, 1.82) is 0 Å². The number of hydrogen-bond acceptors (Lipinski definition) is 2. The molecule has 1 N–H and O–H groups in total. The van der Waals surface area contributed by atoms with E-state index in [1.807, 2.05) is 6.07 Å². The molecule has 21 heavy (non-hydrogen) atoms. The lowest BCUT2D eigenvalue weighted by Gasteiger charge is -2.32. The van der Waals surface area contributed by atoms with Crippen molar-refractivity contribution >= 4 is 22.9 Å². The van der Waals surface area contributed by atoms with E-state index in [9.17, 15) is 0 Å². The van der Waals surface area contributed by atoms with Crippen LogP contribution in [0.1, 0.15) is 36.6 Å². The Morgan fingerprint density at radius 3 is 2.38 bits per heavy atom. The molecule has 0 fully saturated rings. The van der Waals surface area contributed by atoms with Crippen LogP contribution in [0.15, 0.2) is 42.5 Å². The molecule has 3 heteroatoms. The van der Waals surface area contributed by atoms with Crippen molar-refractivity contribution in [1.82, 2.24) is 5.32 Å². The van der Waals surface area contributed by atoms with E-state index in [4.69, 9.17) is 11.6 Å². The summed E-state index contributed by atoms with van der Waals surface area (Å²) >= 11 is 7.76. The lowest BCUT2D eigenvalue weighted by Crippen LogP contribution is -2.37. The minimum absolute atomic E-state index is 0.428. The van der Waals surface area contributed by atoms with Crippen molar-refractivity contribution in [3.63, 3.8) is 0 Å².